The molecule has 2 aliphatic rings. The summed E-state index contributed by atoms with van der Waals surface area (Å²) in [4.78, 5) is 32.5. The Morgan fingerprint density at radius 2 is 2.07 bits per heavy atom. The van der Waals surface area contributed by atoms with Gasteiger partial charge in [-0.1, -0.05) is 6.07 Å². The molecule has 3 rings (SSSR count). The topological polar surface area (TPSA) is 86.3 Å². The zero-order chi connectivity index (χ0) is 20.3. The maximum atomic E-state index is 13.2. The third kappa shape index (κ3) is 6.44. The number of anilines is 1. The van der Waals surface area contributed by atoms with E-state index in [4.69, 9.17) is 4.74 Å². The van der Waals surface area contributed by atoms with Gasteiger partial charge in [0, 0.05) is 25.3 Å². The molecule has 0 saturated carbocycles. The second-order valence-electron chi connectivity index (χ2n) is 7.85. The number of halogens is 2. The van der Waals surface area contributed by atoms with Crippen molar-refractivity contribution in [1.82, 2.24) is 15.1 Å². The fraction of sp³-hybridized carbons (Fsp3) is 0.526. The van der Waals surface area contributed by atoms with Crippen LogP contribution in [0.5, 0.6) is 0 Å². The highest BCUT2D eigenvalue weighted by atomic mass is 127. The first-order valence-corrected chi connectivity index (χ1v) is 9.29. The second-order valence-corrected chi connectivity index (χ2v) is 7.85. The molecule has 2 amide bonds. The molecule has 1 unspecified atom stereocenters. The second kappa shape index (κ2) is 9.59. The number of amides is 2. The molecule has 0 aliphatic carbocycles. The Labute approximate surface area is 186 Å². The summed E-state index contributed by atoms with van der Waals surface area (Å²) in [6.07, 6.45) is -0.317. The van der Waals surface area contributed by atoms with E-state index in [9.17, 15) is 14.0 Å². The van der Waals surface area contributed by atoms with Crippen LogP contribution in [0.25, 0.3) is 0 Å². The van der Waals surface area contributed by atoms with Gasteiger partial charge in [0.05, 0.1) is 19.1 Å². The Morgan fingerprint density at radius 1 is 1.31 bits per heavy atom. The van der Waals surface area contributed by atoms with E-state index in [1.165, 1.54) is 18.2 Å². The summed E-state index contributed by atoms with van der Waals surface area (Å²) < 4.78 is 18.6. The van der Waals surface area contributed by atoms with Crippen molar-refractivity contribution in [3.63, 3.8) is 0 Å². The molecule has 10 heteroatoms. The van der Waals surface area contributed by atoms with Crippen molar-refractivity contribution in [2.24, 2.45) is 4.99 Å². The highest BCUT2D eigenvalue weighted by molar-refractivity contribution is 14.0. The summed E-state index contributed by atoms with van der Waals surface area (Å²) in [6, 6.07) is 5.80. The summed E-state index contributed by atoms with van der Waals surface area (Å²) in [6.45, 7) is 7.77. The van der Waals surface area contributed by atoms with Gasteiger partial charge in [-0.15, -0.1) is 24.0 Å². The van der Waals surface area contributed by atoms with Crippen LogP contribution in [0.4, 0.5) is 14.9 Å². The van der Waals surface area contributed by atoms with E-state index in [2.05, 4.69) is 20.5 Å². The van der Waals surface area contributed by atoms with Gasteiger partial charge >= 0.3 is 6.09 Å². The van der Waals surface area contributed by atoms with Crippen LogP contribution in [-0.4, -0.2) is 72.1 Å². The number of carbonyl (C=O) groups is 2. The number of rotatable bonds is 3. The van der Waals surface area contributed by atoms with Crippen LogP contribution in [0.15, 0.2) is 29.3 Å². The minimum atomic E-state index is -0.526. The van der Waals surface area contributed by atoms with Gasteiger partial charge in [-0.05, 0) is 39.0 Å². The SMILES string of the molecule is CC(C)(C)OC(=O)N1CCN2C(NCC(=O)Nc3cccc(F)c3)=NCC2C1.I. The zero-order valence-corrected chi connectivity index (χ0v) is 19.1. The Kier molecular flexibility index (Phi) is 7.66. The summed E-state index contributed by atoms with van der Waals surface area (Å²) >= 11 is 0. The Hall–Kier alpha value is -2.11. The number of benzene rings is 1. The van der Waals surface area contributed by atoms with Crippen molar-refractivity contribution >= 4 is 47.6 Å². The van der Waals surface area contributed by atoms with Crippen molar-refractivity contribution in [2.45, 2.75) is 32.4 Å². The molecule has 1 fully saturated rings. The van der Waals surface area contributed by atoms with Crippen molar-refractivity contribution in [3.05, 3.63) is 30.1 Å². The molecular weight excluding hydrogens is 492 g/mol. The number of nitrogens with one attached hydrogen (secondary N) is 2. The molecule has 8 nitrogen and oxygen atoms in total. The van der Waals surface area contributed by atoms with Crippen LogP contribution in [0, 0.1) is 5.82 Å². The largest absolute Gasteiger partial charge is 0.444 e. The first kappa shape index (κ1) is 23.2. The molecule has 1 atom stereocenters. The van der Waals surface area contributed by atoms with Gasteiger partial charge in [0.15, 0.2) is 5.96 Å². The lowest BCUT2D eigenvalue weighted by molar-refractivity contribution is -0.115. The van der Waals surface area contributed by atoms with E-state index in [0.717, 1.165) is 0 Å². The molecular formula is C19H27FIN5O3. The molecule has 1 aromatic rings. The third-order valence-electron chi connectivity index (χ3n) is 4.37. The fourth-order valence-electron chi connectivity index (χ4n) is 3.15. The van der Waals surface area contributed by atoms with E-state index in [-0.39, 0.29) is 48.6 Å². The number of hydrogen-bond donors (Lipinski definition) is 2. The van der Waals surface area contributed by atoms with Gasteiger partial charge in [0.25, 0.3) is 0 Å². The van der Waals surface area contributed by atoms with Crippen LogP contribution in [0.3, 0.4) is 0 Å². The summed E-state index contributed by atoms with van der Waals surface area (Å²) in [5.41, 5.74) is -0.119. The molecule has 1 aromatic carbocycles. The van der Waals surface area contributed by atoms with Crippen LogP contribution in [0.1, 0.15) is 20.8 Å². The maximum absolute atomic E-state index is 13.2. The normalized spacial score (nSPS) is 18.3. The lowest BCUT2D eigenvalue weighted by Gasteiger charge is -2.39. The summed E-state index contributed by atoms with van der Waals surface area (Å²) in [7, 11) is 0. The number of carbonyl (C=O) groups excluding carboxylic acids is 2. The van der Waals surface area contributed by atoms with E-state index in [0.29, 0.717) is 37.8 Å². The first-order chi connectivity index (χ1) is 13.2. The van der Waals surface area contributed by atoms with Crippen molar-refractivity contribution in [2.75, 3.05) is 38.0 Å². The molecule has 0 radical (unpaired) electrons. The van der Waals surface area contributed by atoms with Crippen molar-refractivity contribution in [1.29, 1.82) is 0 Å². The van der Waals surface area contributed by atoms with Gasteiger partial charge in [0.2, 0.25) is 5.91 Å². The Balaban J connectivity index is 0.00000300. The van der Waals surface area contributed by atoms with E-state index >= 15 is 0 Å². The molecule has 2 heterocycles. The molecule has 0 bridgehead atoms. The van der Waals surface area contributed by atoms with Gasteiger partial charge in [-0.3, -0.25) is 9.79 Å². The van der Waals surface area contributed by atoms with Crippen LogP contribution in [0.2, 0.25) is 0 Å². The van der Waals surface area contributed by atoms with E-state index in [1.807, 2.05) is 20.8 Å². The molecule has 160 valence electrons. The number of fused-ring (bicyclic) bond motifs is 1. The minimum absolute atomic E-state index is 0. The number of ether oxygens (including phenoxy) is 1. The Bertz CT molecular complexity index is 783. The molecule has 2 N–H and O–H groups in total. The minimum Gasteiger partial charge on any atom is -0.444 e. The average molecular weight is 519 g/mol. The third-order valence-corrected chi connectivity index (χ3v) is 4.37. The standard InChI is InChI=1S/C19H26FN5O3.HI/c1-19(2,3)28-18(27)24-7-8-25-15(12-24)10-21-17(25)22-11-16(26)23-14-6-4-5-13(20)9-14;/h4-6,9,15H,7-8,10-12H2,1-3H3,(H,21,22)(H,23,26);1H. The lowest BCUT2D eigenvalue weighted by Crippen LogP contribution is -2.58. The van der Waals surface area contributed by atoms with Crippen molar-refractivity contribution in [3.8, 4) is 0 Å². The van der Waals surface area contributed by atoms with E-state index < -0.39 is 11.4 Å². The first-order valence-electron chi connectivity index (χ1n) is 9.29. The lowest BCUT2D eigenvalue weighted by atomic mass is 10.2. The van der Waals surface area contributed by atoms with Crippen LogP contribution in [-0.2, 0) is 9.53 Å². The number of nitrogens with zero attached hydrogens (tertiary/aromatic N) is 3. The predicted octanol–water partition coefficient (Wildman–Crippen LogP) is 2.26. The predicted molar refractivity (Wildman–Crippen MR) is 119 cm³/mol. The van der Waals surface area contributed by atoms with Crippen LogP contribution < -0.4 is 10.6 Å². The van der Waals surface area contributed by atoms with Gasteiger partial charge in [-0.2, -0.15) is 0 Å². The van der Waals surface area contributed by atoms with Gasteiger partial charge in [0.1, 0.15) is 11.4 Å². The fourth-order valence-corrected chi connectivity index (χ4v) is 3.15. The maximum Gasteiger partial charge on any atom is 0.410 e. The smallest absolute Gasteiger partial charge is 0.410 e. The Morgan fingerprint density at radius 3 is 2.76 bits per heavy atom. The molecule has 0 aromatic heterocycles. The number of aliphatic imine (C=N–C) groups is 1. The van der Waals surface area contributed by atoms with Crippen LogP contribution >= 0.6 is 24.0 Å². The highest BCUT2D eigenvalue weighted by Gasteiger charge is 2.36. The number of hydrogen-bond acceptors (Lipinski definition) is 6. The molecule has 1 saturated heterocycles. The molecule has 29 heavy (non-hydrogen) atoms. The van der Waals surface area contributed by atoms with Crippen molar-refractivity contribution < 1.29 is 18.7 Å². The van der Waals surface area contributed by atoms with E-state index in [1.54, 1.807) is 11.0 Å². The number of guanidine groups is 1. The molecule has 0 spiro atoms. The molecule has 2 aliphatic heterocycles. The highest BCUT2D eigenvalue weighted by Crippen LogP contribution is 2.18. The summed E-state index contributed by atoms with van der Waals surface area (Å²) in [5.74, 6) is -0.0519. The average Bonchev–Trinajstić information content (AvgIpc) is 3.01. The summed E-state index contributed by atoms with van der Waals surface area (Å²) in [5, 5.41) is 5.67. The monoisotopic (exact) mass is 519 g/mol. The van der Waals surface area contributed by atoms with Gasteiger partial charge in [-0.25, -0.2) is 9.18 Å². The number of piperazine rings is 1. The van der Waals surface area contributed by atoms with Gasteiger partial charge < -0.3 is 25.2 Å². The quantitative estimate of drug-likeness (QED) is 0.599. The zero-order valence-electron chi connectivity index (χ0n) is 16.8.